The van der Waals surface area contributed by atoms with Crippen LogP contribution in [-0.2, 0) is 17.5 Å². The Morgan fingerprint density at radius 2 is 2.00 bits per heavy atom. The van der Waals surface area contributed by atoms with Gasteiger partial charge in [-0.05, 0) is 73.2 Å². The Bertz CT molecular complexity index is 1370. The van der Waals surface area contributed by atoms with Crippen molar-refractivity contribution in [3.63, 3.8) is 0 Å². The Morgan fingerprint density at radius 3 is 2.71 bits per heavy atom. The Balaban J connectivity index is 1.40. The van der Waals surface area contributed by atoms with E-state index in [0.29, 0.717) is 27.9 Å². The Hall–Kier alpha value is -2.82. The summed E-state index contributed by atoms with van der Waals surface area (Å²) < 4.78 is 41.9. The average molecular weight is 521 g/mol. The van der Waals surface area contributed by atoms with Crippen molar-refractivity contribution in [3.8, 4) is 0 Å². The van der Waals surface area contributed by atoms with E-state index >= 15 is 0 Å². The summed E-state index contributed by atoms with van der Waals surface area (Å²) in [5.74, 6) is -0.293. The van der Waals surface area contributed by atoms with Gasteiger partial charge in [0, 0.05) is 17.0 Å². The van der Waals surface area contributed by atoms with E-state index in [2.05, 4.69) is 10.00 Å². The number of benzene rings is 2. The van der Waals surface area contributed by atoms with Crippen LogP contribution in [0.1, 0.15) is 23.1 Å². The zero-order valence-corrected chi connectivity index (χ0v) is 20.1. The molecule has 0 spiro atoms. The Labute approximate surface area is 208 Å². The molecule has 0 radical (unpaired) electrons. The van der Waals surface area contributed by atoms with Gasteiger partial charge in [0.25, 0.3) is 11.1 Å². The van der Waals surface area contributed by atoms with Crippen LogP contribution in [0.25, 0.3) is 17.0 Å². The first-order chi connectivity index (χ1) is 16.6. The second kappa shape index (κ2) is 9.00. The molecule has 1 aromatic heterocycles. The van der Waals surface area contributed by atoms with Crippen LogP contribution >= 0.6 is 23.4 Å². The maximum atomic E-state index is 13.5. The van der Waals surface area contributed by atoms with Gasteiger partial charge in [-0.3, -0.25) is 19.2 Å². The monoisotopic (exact) mass is 520 g/mol. The molecule has 2 amide bonds. The van der Waals surface area contributed by atoms with E-state index in [1.54, 1.807) is 30.5 Å². The third-order valence-electron chi connectivity index (χ3n) is 6.22. The predicted molar refractivity (Wildman–Crippen MR) is 129 cm³/mol. The fourth-order valence-corrected chi connectivity index (χ4v) is 5.57. The van der Waals surface area contributed by atoms with Gasteiger partial charge < -0.3 is 4.90 Å². The lowest BCUT2D eigenvalue weighted by atomic mass is 10.1. The van der Waals surface area contributed by atoms with Gasteiger partial charge >= 0.3 is 6.18 Å². The highest BCUT2D eigenvalue weighted by Gasteiger charge is 2.41. The van der Waals surface area contributed by atoms with Gasteiger partial charge in [-0.15, -0.1) is 0 Å². The molecule has 2 saturated heterocycles. The molecule has 0 saturated carbocycles. The highest BCUT2D eigenvalue weighted by atomic mass is 35.5. The summed E-state index contributed by atoms with van der Waals surface area (Å²) in [7, 11) is 1.96. The van der Waals surface area contributed by atoms with E-state index in [-0.39, 0.29) is 34.3 Å². The number of nitrogens with zero attached hydrogens (tertiary/aromatic N) is 4. The molecule has 2 aliphatic heterocycles. The number of fused-ring (bicyclic) bond motifs is 1. The van der Waals surface area contributed by atoms with Crippen LogP contribution in [0.2, 0.25) is 5.02 Å². The van der Waals surface area contributed by atoms with Crippen LogP contribution in [0.3, 0.4) is 0 Å². The summed E-state index contributed by atoms with van der Waals surface area (Å²) in [6.45, 7) is 1.43. The van der Waals surface area contributed by atoms with Gasteiger partial charge in [0.15, 0.2) is 0 Å². The molecule has 35 heavy (non-hydrogen) atoms. The quantitative estimate of drug-likeness (QED) is 0.425. The van der Waals surface area contributed by atoms with E-state index in [1.807, 2.05) is 7.05 Å². The van der Waals surface area contributed by atoms with E-state index < -0.39 is 11.7 Å². The van der Waals surface area contributed by atoms with Crippen LogP contribution in [-0.4, -0.2) is 56.9 Å². The number of likely N-dealkylation sites (tertiary alicyclic amines) is 1. The van der Waals surface area contributed by atoms with Crippen molar-refractivity contribution in [2.45, 2.75) is 25.2 Å². The van der Waals surface area contributed by atoms with Crippen LogP contribution in [0.4, 0.5) is 18.0 Å². The molecule has 2 aromatic carbocycles. The molecule has 2 fully saturated rings. The SMILES string of the molecule is CN1CC[C@@H](N2C(=O)SC(=Cc3ccc4c(cnn4Cc4ccc(Cl)cc4C(F)(F)F)c3)C2=O)C1. The number of amides is 2. The van der Waals surface area contributed by atoms with Gasteiger partial charge in [0.1, 0.15) is 0 Å². The minimum atomic E-state index is -4.53. The second-order valence-corrected chi connectivity index (χ2v) is 10.1. The molecule has 0 N–H and O–H groups in total. The minimum Gasteiger partial charge on any atom is -0.304 e. The van der Waals surface area contributed by atoms with Crippen LogP contribution < -0.4 is 0 Å². The number of hydrogen-bond donors (Lipinski definition) is 0. The van der Waals surface area contributed by atoms with E-state index in [1.165, 1.54) is 21.7 Å². The number of likely N-dealkylation sites (N-methyl/N-ethyl adjacent to an activating group) is 1. The first kappa shape index (κ1) is 23.9. The second-order valence-electron chi connectivity index (χ2n) is 8.68. The molecule has 182 valence electrons. The fourth-order valence-electron chi connectivity index (χ4n) is 4.50. The smallest absolute Gasteiger partial charge is 0.304 e. The molecule has 0 unspecified atom stereocenters. The molecule has 2 aliphatic rings. The lowest BCUT2D eigenvalue weighted by molar-refractivity contribution is -0.138. The third-order valence-corrected chi connectivity index (χ3v) is 7.34. The predicted octanol–water partition coefficient (Wildman–Crippen LogP) is 5.50. The number of thioether (sulfide) groups is 1. The van der Waals surface area contributed by atoms with Crippen molar-refractivity contribution in [3.05, 3.63) is 69.2 Å². The normalized spacial score (nSPS) is 20.7. The number of carbonyl (C=O) groups excluding carboxylic acids is 2. The van der Waals surface area contributed by atoms with Crippen molar-refractivity contribution >= 4 is 51.5 Å². The summed E-state index contributed by atoms with van der Waals surface area (Å²) >= 11 is 6.70. The standard InChI is InChI=1S/C24H20ClF3N4O2S/c1-30-7-6-18(13-30)32-22(33)21(35-23(32)34)9-14-2-5-20-16(8-14)11-29-31(20)12-15-3-4-17(25)10-19(15)24(26,27)28/h2-5,8-11,18H,6-7,12-13H2,1H3/t18-/m1/s1. The molecule has 6 nitrogen and oxygen atoms in total. The summed E-state index contributed by atoms with van der Waals surface area (Å²) in [4.78, 5) is 29.2. The van der Waals surface area contributed by atoms with Gasteiger partial charge in [-0.2, -0.15) is 18.3 Å². The summed E-state index contributed by atoms with van der Waals surface area (Å²) in [5, 5.41) is 4.72. The van der Waals surface area contributed by atoms with Crippen LogP contribution in [0.15, 0.2) is 47.5 Å². The van der Waals surface area contributed by atoms with Gasteiger partial charge in [0.05, 0.1) is 34.8 Å². The zero-order chi connectivity index (χ0) is 24.9. The maximum absolute atomic E-state index is 13.5. The molecule has 5 rings (SSSR count). The van der Waals surface area contributed by atoms with Crippen molar-refractivity contribution in [2.75, 3.05) is 20.1 Å². The Kier molecular flexibility index (Phi) is 6.14. The van der Waals surface area contributed by atoms with Crippen LogP contribution in [0, 0.1) is 0 Å². The number of imide groups is 1. The molecule has 1 atom stereocenters. The van der Waals surface area contributed by atoms with E-state index in [0.717, 1.165) is 30.8 Å². The van der Waals surface area contributed by atoms with E-state index in [4.69, 9.17) is 11.6 Å². The van der Waals surface area contributed by atoms with Crippen molar-refractivity contribution in [1.82, 2.24) is 19.6 Å². The Morgan fingerprint density at radius 1 is 1.20 bits per heavy atom. The minimum absolute atomic E-state index is 0.0143. The number of alkyl halides is 3. The highest BCUT2D eigenvalue weighted by Crippen LogP contribution is 2.36. The molecular formula is C24H20ClF3N4O2S. The fraction of sp³-hybridized carbons (Fsp3) is 0.292. The summed E-state index contributed by atoms with van der Waals surface area (Å²) in [5.41, 5.74) is 0.609. The van der Waals surface area contributed by atoms with Crippen LogP contribution in [0.5, 0.6) is 0 Å². The largest absolute Gasteiger partial charge is 0.416 e. The molecule has 11 heteroatoms. The topological polar surface area (TPSA) is 58.4 Å². The number of rotatable bonds is 4. The van der Waals surface area contributed by atoms with Gasteiger partial charge in [-0.25, -0.2) is 0 Å². The average Bonchev–Trinajstić information content (AvgIpc) is 3.46. The lowest BCUT2D eigenvalue weighted by Crippen LogP contribution is -2.40. The van der Waals surface area contributed by atoms with Gasteiger partial charge in [-0.1, -0.05) is 23.7 Å². The zero-order valence-electron chi connectivity index (χ0n) is 18.6. The third kappa shape index (κ3) is 4.70. The first-order valence-corrected chi connectivity index (χ1v) is 12.1. The number of carbonyl (C=O) groups is 2. The number of hydrogen-bond acceptors (Lipinski definition) is 5. The van der Waals surface area contributed by atoms with Crippen molar-refractivity contribution < 1.29 is 22.8 Å². The maximum Gasteiger partial charge on any atom is 0.416 e. The molecular weight excluding hydrogens is 501 g/mol. The molecule has 0 aliphatic carbocycles. The van der Waals surface area contributed by atoms with Crippen molar-refractivity contribution in [1.29, 1.82) is 0 Å². The summed E-state index contributed by atoms with van der Waals surface area (Å²) in [6, 6.07) is 8.86. The lowest BCUT2D eigenvalue weighted by Gasteiger charge is -2.20. The number of halogens is 4. The molecule has 3 aromatic rings. The number of aromatic nitrogens is 2. The van der Waals surface area contributed by atoms with Gasteiger partial charge in [0.2, 0.25) is 0 Å². The first-order valence-electron chi connectivity index (χ1n) is 10.9. The van der Waals surface area contributed by atoms with Crippen molar-refractivity contribution in [2.24, 2.45) is 0 Å². The molecule has 3 heterocycles. The highest BCUT2D eigenvalue weighted by molar-refractivity contribution is 8.18. The van der Waals surface area contributed by atoms with E-state index in [9.17, 15) is 22.8 Å². The molecule has 0 bridgehead atoms. The summed E-state index contributed by atoms with van der Waals surface area (Å²) in [6.07, 6.45) is -0.541.